The Balaban J connectivity index is 1.73. The van der Waals surface area contributed by atoms with E-state index in [1.54, 1.807) is 4.68 Å². The first kappa shape index (κ1) is 13.4. The fourth-order valence-corrected chi connectivity index (χ4v) is 1.95. The monoisotopic (exact) mass is 284 g/mol. The molecule has 108 valence electrons. The molecular formula is C14H16N6O. The Morgan fingerprint density at radius 3 is 2.71 bits per heavy atom. The summed E-state index contributed by atoms with van der Waals surface area (Å²) in [5.74, 6) is 1.00. The molecule has 0 unspecified atom stereocenters. The lowest BCUT2D eigenvalue weighted by molar-refractivity contribution is 0.469. The molecule has 0 atom stereocenters. The molecule has 0 aliphatic carbocycles. The number of nitrogens with zero attached hydrogens (tertiary/aromatic N) is 5. The van der Waals surface area contributed by atoms with Crippen molar-refractivity contribution in [2.75, 3.05) is 6.54 Å². The highest BCUT2D eigenvalue weighted by Crippen LogP contribution is 2.18. The number of aromatic nitrogens is 5. The molecule has 7 heteroatoms. The number of nitrogens with two attached hydrogens (primary N) is 1. The van der Waals surface area contributed by atoms with Crippen LogP contribution in [0.5, 0.6) is 0 Å². The van der Waals surface area contributed by atoms with Crippen LogP contribution in [0.4, 0.5) is 0 Å². The molecule has 7 nitrogen and oxygen atoms in total. The molecule has 0 fully saturated rings. The van der Waals surface area contributed by atoms with Gasteiger partial charge in [-0.25, -0.2) is 4.68 Å². The molecule has 21 heavy (non-hydrogen) atoms. The van der Waals surface area contributed by atoms with Crippen molar-refractivity contribution in [3.63, 3.8) is 0 Å². The zero-order valence-electron chi connectivity index (χ0n) is 11.7. The molecule has 0 saturated heterocycles. The van der Waals surface area contributed by atoms with Gasteiger partial charge in [-0.3, -0.25) is 0 Å². The van der Waals surface area contributed by atoms with Crippen molar-refractivity contribution < 1.29 is 4.42 Å². The van der Waals surface area contributed by atoms with Crippen LogP contribution >= 0.6 is 0 Å². The highest BCUT2D eigenvalue weighted by molar-refractivity contribution is 5.52. The smallest absolute Gasteiger partial charge is 0.247 e. The van der Waals surface area contributed by atoms with E-state index in [4.69, 9.17) is 10.2 Å². The number of aryl methyl sites for hydroxylation is 1. The molecule has 0 aliphatic heterocycles. The van der Waals surface area contributed by atoms with Crippen molar-refractivity contribution >= 4 is 0 Å². The Bertz CT molecular complexity index is 715. The van der Waals surface area contributed by atoms with Crippen molar-refractivity contribution in [2.45, 2.75) is 19.9 Å². The van der Waals surface area contributed by atoms with Crippen molar-refractivity contribution in [3.05, 3.63) is 47.6 Å². The van der Waals surface area contributed by atoms with Crippen LogP contribution in [0.2, 0.25) is 0 Å². The summed E-state index contributed by atoms with van der Waals surface area (Å²) in [6, 6.07) is 7.94. The van der Waals surface area contributed by atoms with E-state index in [1.165, 1.54) is 5.56 Å². The summed E-state index contributed by atoms with van der Waals surface area (Å²) < 4.78 is 7.31. The van der Waals surface area contributed by atoms with Gasteiger partial charge in [0.05, 0.1) is 5.69 Å². The summed E-state index contributed by atoms with van der Waals surface area (Å²) in [5.41, 5.74) is 8.43. The van der Waals surface area contributed by atoms with Crippen molar-refractivity contribution in [2.24, 2.45) is 5.73 Å². The third-order valence-electron chi connectivity index (χ3n) is 3.05. The maximum atomic E-state index is 5.65. The number of hydrogen-bond acceptors (Lipinski definition) is 6. The topological polar surface area (TPSA) is 95.7 Å². The van der Waals surface area contributed by atoms with Gasteiger partial charge in [-0.2, -0.15) is 0 Å². The maximum absolute atomic E-state index is 5.65. The van der Waals surface area contributed by atoms with Gasteiger partial charge in [0.1, 0.15) is 6.54 Å². The zero-order chi connectivity index (χ0) is 14.7. The zero-order valence-corrected chi connectivity index (χ0v) is 11.7. The minimum absolute atomic E-state index is 0.399. The first-order valence-corrected chi connectivity index (χ1v) is 6.73. The van der Waals surface area contributed by atoms with E-state index in [9.17, 15) is 0 Å². The van der Waals surface area contributed by atoms with Crippen molar-refractivity contribution in [1.29, 1.82) is 0 Å². The highest BCUT2D eigenvalue weighted by atomic mass is 16.4. The Kier molecular flexibility index (Phi) is 3.74. The van der Waals surface area contributed by atoms with Crippen LogP contribution < -0.4 is 5.73 Å². The summed E-state index contributed by atoms with van der Waals surface area (Å²) in [4.78, 5) is 0. The molecule has 0 amide bonds. The van der Waals surface area contributed by atoms with Crippen molar-refractivity contribution in [1.82, 2.24) is 25.2 Å². The number of benzene rings is 1. The first-order valence-electron chi connectivity index (χ1n) is 6.73. The van der Waals surface area contributed by atoms with Crippen LogP contribution in [-0.2, 0) is 13.0 Å². The van der Waals surface area contributed by atoms with E-state index < -0.39 is 0 Å². The standard InChI is InChI=1S/C14H16N6O/c1-10-2-4-11(5-3-10)14-18-17-13(21-14)9-20-8-12(6-7-15)16-19-20/h2-5,8H,6-7,9,15H2,1H3. The third-order valence-corrected chi connectivity index (χ3v) is 3.05. The van der Waals surface area contributed by atoms with E-state index in [0.29, 0.717) is 31.3 Å². The Hall–Kier alpha value is -2.54. The average Bonchev–Trinajstić information content (AvgIpc) is 3.11. The van der Waals surface area contributed by atoms with E-state index in [1.807, 2.05) is 37.4 Å². The van der Waals surface area contributed by atoms with Gasteiger partial charge in [0.2, 0.25) is 11.8 Å². The Labute approximate surface area is 121 Å². The molecule has 3 rings (SSSR count). The van der Waals surface area contributed by atoms with Gasteiger partial charge in [0.15, 0.2) is 0 Å². The summed E-state index contributed by atoms with van der Waals surface area (Å²) in [5, 5.41) is 16.1. The van der Waals surface area contributed by atoms with Crippen LogP contribution in [0.25, 0.3) is 11.5 Å². The van der Waals surface area contributed by atoms with Gasteiger partial charge in [-0.15, -0.1) is 15.3 Å². The van der Waals surface area contributed by atoms with E-state index in [0.717, 1.165) is 11.3 Å². The predicted molar refractivity (Wildman–Crippen MR) is 76.4 cm³/mol. The predicted octanol–water partition coefficient (Wildman–Crippen LogP) is 1.19. The van der Waals surface area contributed by atoms with E-state index in [-0.39, 0.29) is 0 Å². The van der Waals surface area contributed by atoms with Gasteiger partial charge < -0.3 is 10.2 Å². The highest BCUT2D eigenvalue weighted by Gasteiger charge is 2.10. The molecule has 0 radical (unpaired) electrons. The fourth-order valence-electron chi connectivity index (χ4n) is 1.95. The van der Waals surface area contributed by atoms with Crippen LogP contribution in [0.1, 0.15) is 17.1 Å². The second kappa shape index (κ2) is 5.84. The van der Waals surface area contributed by atoms with Crippen LogP contribution in [0.3, 0.4) is 0 Å². The number of hydrogen-bond donors (Lipinski definition) is 1. The lowest BCUT2D eigenvalue weighted by Gasteiger charge is -1.96. The second-order valence-corrected chi connectivity index (χ2v) is 4.81. The van der Waals surface area contributed by atoms with Crippen LogP contribution in [-0.4, -0.2) is 31.7 Å². The molecule has 2 N–H and O–H groups in total. The van der Waals surface area contributed by atoms with Gasteiger partial charge in [-0.1, -0.05) is 22.9 Å². The van der Waals surface area contributed by atoms with Crippen molar-refractivity contribution in [3.8, 4) is 11.5 Å². The molecular weight excluding hydrogens is 268 g/mol. The molecule has 0 spiro atoms. The molecule has 1 aromatic carbocycles. The van der Waals surface area contributed by atoms with Gasteiger partial charge in [0.25, 0.3) is 0 Å². The summed E-state index contributed by atoms with van der Waals surface area (Å²) >= 11 is 0. The Morgan fingerprint density at radius 2 is 1.95 bits per heavy atom. The normalized spacial score (nSPS) is 11.0. The fraction of sp³-hybridized carbons (Fsp3) is 0.286. The number of rotatable bonds is 5. The lowest BCUT2D eigenvalue weighted by Crippen LogP contribution is -2.03. The molecule has 0 saturated carbocycles. The minimum atomic E-state index is 0.399. The minimum Gasteiger partial charge on any atom is -0.419 e. The van der Waals surface area contributed by atoms with Gasteiger partial charge in [-0.05, 0) is 25.6 Å². The van der Waals surface area contributed by atoms with Crippen LogP contribution in [0.15, 0.2) is 34.9 Å². The van der Waals surface area contributed by atoms with E-state index in [2.05, 4.69) is 20.5 Å². The molecule has 2 aromatic heterocycles. The average molecular weight is 284 g/mol. The molecule has 3 aromatic rings. The summed E-state index contributed by atoms with van der Waals surface area (Å²) in [6.07, 6.45) is 2.54. The molecule has 2 heterocycles. The van der Waals surface area contributed by atoms with Crippen LogP contribution in [0, 0.1) is 6.92 Å². The van der Waals surface area contributed by atoms with Gasteiger partial charge in [0, 0.05) is 18.2 Å². The molecule has 0 aliphatic rings. The van der Waals surface area contributed by atoms with Gasteiger partial charge >= 0.3 is 0 Å². The quantitative estimate of drug-likeness (QED) is 0.756. The first-order chi connectivity index (χ1) is 10.2. The third kappa shape index (κ3) is 3.14. The maximum Gasteiger partial charge on any atom is 0.247 e. The SMILES string of the molecule is Cc1ccc(-c2nnc(Cn3cc(CCN)nn3)o2)cc1. The lowest BCUT2D eigenvalue weighted by atomic mass is 10.1. The largest absolute Gasteiger partial charge is 0.419 e. The Morgan fingerprint density at radius 1 is 1.14 bits per heavy atom. The second-order valence-electron chi connectivity index (χ2n) is 4.81. The summed E-state index contributed by atoms with van der Waals surface area (Å²) in [7, 11) is 0. The van der Waals surface area contributed by atoms with E-state index >= 15 is 0 Å². The molecule has 0 bridgehead atoms. The summed E-state index contributed by atoms with van der Waals surface area (Å²) in [6.45, 7) is 2.99.